The van der Waals surface area contributed by atoms with Crippen LogP contribution in [0.2, 0.25) is 0 Å². The van der Waals surface area contributed by atoms with Crippen molar-refractivity contribution in [3.63, 3.8) is 0 Å². The molecule has 0 aliphatic heterocycles. The van der Waals surface area contributed by atoms with Crippen LogP contribution in [0.4, 0.5) is 0 Å². The molecular weight excluding hydrogens is 260 g/mol. The van der Waals surface area contributed by atoms with Gasteiger partial charge < -0.3 is 5.73 Å². The molecule has 0 saturated heterocycles. The molecule has 1 aliphatic carbocycles. The highest BCUT2D eigenvalue weighted by atomic mass is 32.2. The van der Waals surface area contributed by atoms with Crippen molar-refractivity contribution in [2.75, 3.05) is 31.1 Å². The summed E-state index contributed by atoms with van der Waals surface area (Å²) in [7, 11) is -2.89. The normalized spacial score (nSPS) is 28.8. The summed E-state index contributed by atoms with van der Waals surface area (Å²) in [6.07, 6.45) is 4.61. The number of hydrogen-bond donors (Lipinski definition) is 1. The summed E-state index contributed by atoms with van der Waals surface area (Å²) in [4.78, 5) is 2.31. The Bertz CT molecular complexity index is 360. The van der Waals surface area contributed by atoms with E-state index in [9.17, 15) is 8.42 Å². The Morgan fingerprint density at radius 3 is 2.26 bits per heavy atom. The summed E-state index contributed by atoms with van der Waals surface area (Å²) in [6, 6.07) is 0. The number of rotatable bonds is 7. The standard InChI is InChI=1S/C14H30N2O2S/c1-4-16(10-11-19(17,18)5-2)14(12-15)8-6-13(3)7-9-14/h13H,4-12,15H2,1-3H3. The Morgan fingerprint density at radius 2 is 1.84 bits per heavy atom. The Balaban J connectivity index is 2.71. The number of sulfone groups is 1. The van der Waals surface area contributed by atoms with Gasteiger partial charge in [0.1, 0.15) is 0 Å². The summed E-state index contributed by atoms with van der Waals surface area (Å²) in [6.45, 7) is 8.25. The highest BCUT2D eigenvalue weighted by Crippen LogP contribution is 2.35. The number of likely N-dealkylation sites (N-methyl/N-ethyl adjacent to an activating group) is 1. The van der Waals surface area contributed by atoms with Crippen molar-refractivity contribution < 1.29 is 8.42 Å². The molecular formula is C14H30N2O2S. The van der Waals surface area contributed by atoms with Crippen LogP contribution in [0.5, 0.6) is 0 Å². The summed E-state index contributed by atoms with van der Waals surface area (Å²) < 4.78 is 23.4. The van der Waals surface area contributed by atoms with Crippen molar-refractivity contribution in [3.05, 3.63) is 0 Å². The van der Waals surface area contributed by atoms with Crippen molar-refractivity contribution in [1.82, 2.24) is 4.90 Å². The monoisotopic (exact) mass is 290 g/mol. The van der Waals surface area contributed by atoms with Crippen molar-refractivity contribution >= 4 is 9.84 Å². The van der Waals surface area contributed by atoms with E-state index in [2.05, 4.69) is 18.7 Å². The highest BCUT2D eigenvalue weighted by molar-refractivity contribution is 7.91. The van der Waals surface area contributed by atoms with Gasteiger partial charge in [0.25, 0.3) is 0 Å². The minimum absolute atomic E-state index is 0.0323. The van der Waals surface area contributed by atoms with Gasteiger partial charge >= 0.3 is 0 Å². The first-order valence-electron chi connectivity index (χ1n) is 7.54. The Hall–Kier alpha value is -0.130. The van der Waals surface area contributed by atoms with Gasteiger partial charge in [-0.05, 0) is 38.1 Å². The second-order valence-electron chi connectivity index (χ2n) is 5.93. The van der Waals surface area contributed by atoms with E-state index < -0.39 is 9.84 Å². The average molecular weight is 290 g/mol. The van der Waals surface area contributed by atoms with Crippen LogP contribution in [-0.2, 0) is 9.84 Å². The molecule has 0 unspecified atom stereocenters. The lowest BCUT2D eigenvalue weighted by Crippen LogP contribution is -2.56. The third kappa shape index (κ3) is 4.43. The zero-order chi connectivity index (χ0) is 14.5. The van der Waals surface area contributed by atoms with Crippen molar-refractivity contribution in [3.8, 4) is 0 Å². The third-order valence-corrected chi connectivity index (χ3v) is 6.43. The van der Waals surface area contributed by atoms with E-state index in [0.29, 0.717) is 13.1 Å². The van der Waals surface area contributed by atoms with Crippen molar-refractivity contribution in [2.45, 2.75) is 52.0 Å². The molecule has 19 heavy (non-hydrogen) atoms. The van der Waals surface area contributed by atoms with E-state index in [-0.39, 0.29) is 17.0 Å². The summed E-state index contributed by atoms with van der Waals surface area (Å²) in [5, 5.41) is 0. The molecule has 0 radical (unpaired) electrons. The van der Waals surface area contributed by atoms with Crippen LogP contribution in [0.1, 0.15) is 46.5 Å². The molecule has 2 N–H and O–H groups in total. The molecule has 0 heterocycles. The second-order valence-corrected chi connectivity index (χ2v) is 8.40. The maximum Gasteiger partial charge on any atom is 0.151 e. The Labute approximate surface area is 118 Å². The molecule has 0 aromatic heterocycles. The van der Waals surface area contributed by atoms with Crippen LogP contribution in [0.25, 0.3) is 0 Å². The molecule has 0 amide bonds. The largest absolute Gasteiger partial charge is 0.329 e. The predicted octanol–water partition coefficient (Wildman–Crippen LogP) is 1.65. The Morgan fingerprint density at radius 1 is 1.26 bits per heavy atom. The summed E-state index contributed by atoms with van der Waals surface area (Å²) in [5.41, 5.74) is 6.07. The van der Waals surface area contributed by atoms with E-state index in [0.717, 1.165) is 25.3 Å². The van der Waals surface area contributed by atoms with E-state index in [4.69, 9.17) is 5.73 Å². The summed E-state index contributed by atoms with van der Waals surface area (Å²) >= 11 is 0. The fourth-order valence-electron chi connectivity index (χ4n) is 3.07. The molecule has 4 nitrogen and oxygen atoms in total. The minimum Gasteiger partial charge on any atom is -0.329 e. The van der Waals surface area contributed by atoms with Crippen LogP contribution in [0, 0.1) is 5.92 Å². The fourth-order valence-corrected chi connectivity index (χ4v) is 3.86. The van der Waals surface area contributed by atoms with Crippen LogP contribution < -0.4 is 5.73 Å². The zero-order valence-electron chi connectivity index (χ0n) is 12.7. The van der Waals surface area contributed by atoms with Crippen LogP contribution in [0.3, 0.4) is 0 Å². The minimum atomic E-state index is -2.89. The zero-order valence-corrected chi connectivity index (χ0v) is 13.5. The predicted molar refractivity (Wildman–Crippen MR) is 81.0 cm³/mol. The van der Waals surface area contributed by atoms with E-state index in [1.54, 1.807) is 6.92 Å². The molecule has 0 atom stereocenters. The number of nitrogens with zero attached hydrogens (tertiary/aromatic N) is 1. The van der Waals surface area contributed by atoms with E-state index in [1.807, 2.05) is 0 Å². The highest BCUT2D eigenvalue weighted by Gasteiger charge is 2.37. The molecule has 1 aliphatic rings. The maximum atomic E-state index is 11.7. The van der Waals surface area contributed by atoms with Gasteiger partial charge in [-0.2, -0.15) is 0 Å². The van der Waals surface area contributed by atoms with Gasteiger partial charge in [0.15, 0.2) is 9.84 Å². The topological polar surface area (TPSA) is 63.4 Å². The molecule has 1 fully saturated rings. The first kappa shape index (κ1) is 16.9. The van der Waals surface area contributed by atoms with Crippen LogP contribution >= 0.6 is 0 Å². The molecule has 1 rings (SSSR count). The van der Waals surface area contributed by atoms with E-state index in [1.165, 1.54) is 12.8 Å². The van der Waals surface area contributed by atoms with Gasteiger partial charge in [0, 0.05) is 24.4 Å². The van der Waals surface area contributed by atoms with Gasteiger partial charge in [0.05, 0.1) is 5.75 Å². The average Bonchev–Trinajstić information content (AvgIpc) is 2.41. The molecule has 5 heteroatoms. The molecule has 1 saturated carbocycles. The van der Waals surface area contributed by atoms with Crippen molar-refractivity contribution in [2.24, 2.45) is 11.7 Å². The van der Waals surface area contributed by atoms with E-state index >= 15 is 0 Å². The molecule has 0 aromatic carbocycles. The SMILES string of the molecule is CCN(CCS(=O)(=O)CC)C1(CN)CCC(C)CC1. The molecule has 114 valence electrons. The lowest BCUT2D eigenvalue weighted by Gasteiger charge is -2.47. The first-order valence-corrected chi connectivity index (χ1v) is 9.37. The van der Waals surface area contributed by atoms with Gasteiger partial charge in [-0.25, -0.2) is 8.42 Å². The lowest BCUT2D eigenvalue weighted by molar-refractivity contribution is 0.0544. The summed E-state index contributed by atoms with van der Waals surface area (Å²) in [5.74, 6) is 1.27. The lowest BCUT2D eigenvalue weighted by atomic mass is 9.76. The smallest absolute Gasteiger partial charge is 0.151 e. The van der Waals surface area contributed by atoms with Gasteiger partial charge in [-0.15, -0.1) is 0 Å². The third-order valence-electron chi connectivity index (χ3n) is 4.75. The Kier molecular flexibility index (Phi) is 6.27. The quantitative estimate of drug-likeness (QED) is 0.774. The molecule has 0 bridgehead atoms. The maximum absolute atomic E-state index is 11.7. The van der Waals surface area contributed by atoms with Crippen LogP contribution in [-0.4, -0.2) is 50.0 Å². The second kappa shape index (κ2) is 7.04. The number of hydrogen-bond acceptors (Lipinski definition) is 4. The van der Waals surface area contributed by atoms with Gasteiger partial charge in [-0.3, -0.25) is 4.90 Å². The fraction of sp³-hybridized carbons (Fsp3) is 1.00. The molecule has 0 aromatic rings. The van der Waals surface area contributed by atoms with Gasteiger partial charge in [0.2, 0.25) is 0 Å². The van der Waals surface area contributed by atoms with Gasteiger partial charge in [-0.1, -0.05) is 20.8 Å². The van der Waals surface area contributed by atoms with Crippen LogP contribution in [0.15, 0.2) is 0 Å². The van der Waals surface area contributed by atoms with Crippen molar-refractivity contribution in [1.29, 1.82) is 0 Å². The first-order chi connectivity index (χ1) is 8.89. The number of nitrogens with two attached hydrogens (primary N) is 1. The molecule has 0 spiro atoms.